The van der Waals surface area contributed by atoms with E-state index in [1.165, 1.54) is 25.5 Å². The van der Waals surface area contributed by atoms with Gasteiger partial charge in [-0.1, -0.05) is 36.6 Å². The summed E-state index contributed by atoms with van der Waals surface area (Å²) >= 11 is 6.66. The van der Waals surface area contributed by atoms with Crippen molar-refractivity contribution in [1.29, 1.82) is 0 Å². The van der Waals surface area contributed by atoms with Crippen molar-refractivity contribution in [3.05, 3.63) is 34.0 Å². The van der Waals surface area contributed by atoms with Crippen LogP contribution in [0.5, 0.6) is 0 Å². The number of sulfone groups is 1. The molecule has 4 rings (SSSR count). The van der Waals surface area contributed by atoms with Crippen LogP contribution < -0.4 is 5.32 Å². The summed E-state index contributed by atoms with van der Waals surface area (Å²) in [6, 6.07) is 4.16. The van der Waals surface area contributed by atoms with Crippen molar-refractivity contribution in [3.63, 3.8) is 0 Å². The summed E-state index contributed by atoms with van der Waals surface area (Å²) in [6.45, 7) is 4.40. The summed E-state index contributed by atoms with van der Waals surface area (Å²) in [7, 11) is -3.04. The summed E-state index contributed by atoms with van der Waals surface area (Å²) in [4.78, 5) is 13.4. The van der Waals surface area contributed by atoms with Crippen LogP contribution in [0, 0.1) is 25.7 Å². The highest BCUT2D eigenvalue weighted by molar-refractivity contribution is 7.90. The maximum Gasteiger partial charge on any atom is 0.253 e. The first kappa shape index (κ1) is 21.7. The Balaban J connectivity index is 1.66. The summed E-state index contributed by atoms with van der Waals surface area (Å²) in [5, 5.41) is 4.78. The number of aromatic nitrogens is 1. The minimum atomic E-state index is -3.04. The Morgan fingerprint density at radius 3 is 2.47 bits per heavy atom. The highest BCUT2D eigenvalue weighted by atomic mass is 35.5. The van der Waals surface area contributed by atoms with Crippen molar-refractivity contribution >= 4 is 38.2 Å². The molecule has 2 bridgehead atoms. The van der Waals surface area contributed by atoms with Crippen LogP contribution in [0.2, 0.25) is 5.02 Å². The highest BCUT2D eigenvalue weighted by Crippen LogP contribution is 2.42. The number of rotatable bonds is 6. The molecule has 7 heteroatoms. The molecule has 0 radical (unpaired) electrons. The Kier molecular flexibility index (Phi) is 5.92. The molecule has 1 aromatic carbocycles. The highest BCUT2D eigenvalue weighted by Gasteiger charge is 2.35. The van der Waals surface area contributed by atoms with Gasteiger partial charge in [-0.3, -0.25) is 4.79 Å². The second kappa shape index (κ2) is 8.19. The Labute approximate surface area is 184 Å². The predicted molar refractivity (Wildman–Crippen MR) is 122 cm³/mol. The molecule has 1 N–H and O–H groups in total. The Bertz CT molecular complexity index is 1080. The molecule has 2 atom stereocenters. The Morgan fingerprint density at radius 2 is 1.83 bits per heavy atom. The monoisotopic (exact) mass is 450 g/mol. The van der Waals surface area contributed by atoms with Crippen molar-refractivity contribution in [3.8, 4) is 0 Å². The first-order valence-corrected chi connectivity index (χ1v) is 13.3. The number of amides is 1. The average molecular weight is 451 g/mol. The molecule has 2 aromatic rings. The van der Waals surface area contributed by atoms with E-state index in [-0.39, 0.29) is 17.7 Å². The summed E-state index contributed by atoms with van der Waals surface area (Å²) in [6.07, 6.45) is 7.80. The quantitative estimate of drug-likeness (QED) is 0.696. The van der Waals surface area contributed by atoms with Gasteiger partial charge in [0.25, 0.3) is 5.91 Å². The van der Waals surface area contributed by atoms with Crippen molar-refractivity contribution in [2.45, 2.75) is 65.0 Å². The van der Waals surface area contributed by atoms with Crippen LogP contribution in [0.15, 0.2) is 12.1 Å². The summed E-state index contributed by atoms with van der Waals surface area (Å²) in [5.41, 5.74) is 3.30. The fourth-order valence-corrected chi connectivity index (χ4v) is 6.48. The van der Waals surface area contributed by atoms with Gasteiger partial charge in [0.2, 0.25) is 0 Å². The van der Waals surface area contributed by atoms with Crippen molar-refractivity contribution in [2.75, 3.05) is 12.0 Å². The zero-order valence-electron chi connectivity index (χ0n) is 18.0. The molecule has 2 saturated carbocycles. The van der Waals surface area contributed by atoms with Gasteiger partial charge in [0, 0.05) is 29.9 Å². The second-order valence-electron chi connectivity index (χ2n) is 9.37. The fraction of sp³-hybridized carbons (Fsp3) is 0.609. The fourth-order valence-electron chi connectivity index (χ4n) is 5.56. The lowest BCUT2D eigenvalue weighted by Crippen LogP contribution is -2.39. The molecule has 0 saturated heterocycles. The van der Waals surface area contributed by atoms with E-state index in [1.807, 2.05) is 30.5 Å². The predicted octanol–water partition coefficient (Wildman–Crippen LogP) is 4.65. The van der Waals surface area contributed by atoms with E-state index in [0.717, 1.165) is 46.8 Å². The number of benzene rings is 1. The molecule has 1 amide bonds. The van der Waals surface area contributed by atoms with E-state index < -0.39 is 9.84 Å². The summed E-state index contributed by atoms with van der Waals surface area (Å²) < 4.78 is 25.2. The van der Waals surface area contributed by atoms with Crippen LogP contribution in [0.25, 0.3) is 10.9 Å². The lowest BCUT2D eigenvalue weighted by atomic mass is 9.85. The van der Waals surface area contributed by atoms with Crippen LogP contribution in [0.1, 0.15) is 60.1 Å². The number of hydrogen-bond donors (Lipinski definition) is 1. The van der Waals surface area contributed by atoms with Gasteiger partial charge in [-0.2, -0.15) is 0 Å². The van der Waals surface area contributed by atoms with E-state index in [2.05, 4.69) is 5.32 Å². The van der Waals surface area contributed by atoms with Crippen LogP contribution in [0.4, 0.5) is 0 Å². The Hall–Kier alpha value is -1.53. The average Bonchev–Trinajstić information content (AvgIpc) is 3.14. The van der Waals surface area contributed by atoms with Gasteiger partial charge in [0.15, 0.2) is 0 Å². The molecule has 1 aromatic heterocycles. The number of nitrogens with one attached hydrogen (secondary N) is 1. The first-order chi connectivity index (χ1) is 14.1. The lowest BCUT2D eigenvalue weighted by molar-refractivity contribution is 0.0919. The van der Waals surface area contributed by atoms with Crippen molar-refractivity contribution in [1.82, 2.24) is 9.88 Å². The number of aryl methyl sites for hydroxylation is 2. The molecule has 0 aliphatic heterocycles. The SMILES string of the molecule is Cc1ccc2c(C(=O)NC3CC4CCC(C4)C3)c(C)n(CCCS(C)(=O)=O)c2c1Cl. The molecule has 2 aliphatic rings. The van der Waals surface area contributed by atoms with Gasteiger partial charge in [0.1, 0.15) is 9.84 Å². The normalized spacial score (nSPS) is 23.8. The van der Waals surface area contributed by atoms with E-state index in [1.54, 1.807) is 0 Å². The van der Waals surface area contributed by atoms with E-state index in [4.69, 9.17) is 11.6 Å². The largest absolute Gasteiger partial charge is 0.349 e. The topological polar surface area (TPSA) is 68.2 Å². The Morgan fingerprint density at radius 1 is 1.17 bits per heavy atom. The molecular formula is C23H31ClN2O3S. The third-order valence-electron chi connectivity index (χ3n) is 6.96. The van der Waals surface area contributed by atoms with E-state index in [0.29, 0.717) is 23.6 Å². The maximum atomic E-state index is 13.4. The standard InChI is InChI=1S/C23H31ClN2O3S/c1-14-5-8-19-20(23(27)25-18-12-16-6-7-17(11-16)13-18)15(2)26(22(19)21(14)24)9-4-10-30(3,28)29/h5,8,16-18H,4,6-7,9-13H2,1-3H3,(H,25,27). The molecule has 2 unspecified atom stereocenters. The van der Waals surface area contributed by atoms with Gasteiger partial charge in [-0.05, 0) is 56.9 Å². The van der Waals surface area contributed by atoms with Gasteiger partial charge < -0.3 is 9.88 Å². The molecule has 30 heavy (non-hydrogen) atoms. The third kappa shape index (κ3) is 4.26. The summed E-state index contributed by atoms with van der Waals surface area (Å²) in [5.74, 6) is 1.59. The first-order valence-electron chi connectivity index (χ1n) is 10.9. The molecule has 5 nitrogen and oxygen atoms in total. The van der Waals surface area contributed by atoms with Crippen LogP contribution >= 0.6 is 11.6 Å². The van der Waals surface area contributed by atoms with Gasteiger partial charge in [0.05, 0.1) is 21.9 Å². The van der Waals surface area contributed by atoms with E-state index >= 15 is 0 Å². The van der Waals surface area contributed by atoms with Crippen molar-refractivity contribution in [2.24, 2.45) is 11.8 Å². The van der Waals surface area contributed by atoms with Crippen LogP contribution in [-0.4, -0.2) is 36.9 Å². The minimum absolute atomic E-state index is 0.0365. The number of carbonyl (C=O) groups excluding carboxylic acids is 1. The molecule has 1 heterocycles. The molecule has 164 valence electrons. The van der Waals surface area contributed by atoms with Crippen molar-refractivity contribution < 1.29 is 13.2 Å². The number of halogens is 1. The molecule has 2 fully saturated rings. The van der Waals surface area contributed by atoms with Gasteiger partial charge >= 0.3 is 0 Å². The van der Waals surface area contributed by atoms with Crippen LogP contribution in [-0.2, 0) is 16.4 Å². The number of nitrogens with zero attached hydrogens (tertiary/aromatic N) is 1. The number of hydrogen-bond acceptors (Lipinski definition) is 3. The maximum absolute atomic E-state index is 13.4. The second-order valence-corrected chi connectivity index (χ2v) is 12.0. The zero-order valence-corrected chi connectivity index (χ0v) is 19.6. The van der Waals surface area contributed by atoms with E-state index in [9.17, 15) is 13.2 Å². The minimum Gasteiger partial charge on any atom is -0.349 e. The number of fused-ring (bicyclic) bond motifs is 3. The number of carbonyl (C=O) groups is 1. The van der Waals surface area contributed by atoms with Gasteiger partial charge in [-0.15, -0.1) is 0 Å². The lowest BCUT2D eigenvalue weighted by Gasteiger charge is -2.28. The smallest absolute Gasteiger partial charge is 0.253 e. The third-order valence-corrected chi connectivity index (χ3v) is 8.47. The van der Waals surface area contributed by atoms with Gasteiger partial charge in [-0.25, -0.2) is 8.42 Å². The molecule has 0 spiro atoms. The molecular weight excluding hydrogens is 420 g/mol. The van der Waals surface area contributed by atoms with Crippen LogP contribution in [0.3, 0.4) is 0 Å². The zero-order chi connectivity index (χ0) is 21.6. The molecule has 2 aliphatic carbocycles.